The van der Waals surface area contributed by atoms with Gasteiger partial charge in [0.05, 0.1) is 11.2 Å². The first kappa shape index (κ1) is 14.0. The van der Waals surface area contributed by atoms with Crippen LogP contribution in [0.4, 0.5) is 4.39 Å². The molecule has 1 aromatic carbocycles. The molecule has 1 aliphatic heterocycles. The molecular weight excluding hydrogens is 271 g/mol. The zero-order valence-electron chi connectivity index (χ0n) is 10.2. The Hall–Kier alpha value is -1.44. The van der Waals surface area contributed by atoms with Crippen LogP contribution < -0.4 is 15.2 Å². The molecule has 0 amide bonds. The highest BCUT2D eigenvalue weighted by Crippen LogP contribution is 2.25. The molecule has 1 aliphatic rings. The molecule has 0 radical (unpaired) electrons. The topological polar surface area (TPSA) is 81.4 Å². The second kappa shape index (κ2) is 5.68. The molecule has 5 nitrogen and oxygen atoms in total. The summed E-state index contributed by atoms with van der Waals surface area (Å²) in [5.41, 5.74) is 6.36. The third-order valence-electron chi connectivity index (χ3n) is 2.85. The van der Waals surface area contributed by atoms with Gasteiger partial charge in [-0.3, -0.25) is 0 Å². The van der Waals surface area contributed by atoms with Gasteiger partial charge in [-0.25, -0.2) is 17.5 Å². The van der Waals surface area contributed by atoms with E-state index in [0.717, 1.165) is 0 Å². The number of halogens is 1. The Balaban J connectivity index is 2.18. The molecular formula is C12H15FN2O3S. The van der Waals surface area contributed by atoms with Crippen LogP contribution in [0.2, 0.25) is 0 Å². The molecule has 0 unspecified atom stereocenters. The Bertz CT molecular complexity index is 599. The van der Waals surface area contributed by atoms with Gasteiger partial charge in [0, 0.05) is 18.7 Å². The highest BCUT2D eigenvalue weighted by atomic mass is 32.2. The maximum Gasteiger partial charge on any atom is 0.240 e. The molecule has 0 atom stereocenters. The minimum Gasteiger partial charge on any atom is -0.489 e. The molecule has 0 fully saturated rings. The first-order valence-corrected chi connectivity index (χ1v) is 7.28. The van der Waals surface area contributed by atoms with Gasteiger partial charge in [-0.1, -0.05) is 0 Å². The lowest BCUT2D eigenvalue weighted by Gasteiger charge is -2.18. The standard InChI is InChI=1S/C12H15FN2O3S/c13-6-9(7-14)8-18-11-1-2-12-10(5-11)3-4-15-19(12,16)17/h1-2,5-6,15H,3-4,7-8,14H2/b9-6-. The maximum atomic E-state index is 12.3. The van der Waals surface area contributed by atoms with Crippen LogP contribution in [0.5, 0.6) is 5.75 Å². The van der Waals surface area contributed by atoms with Crippen molar-refractivity contribution in [1.82, 2.24) is 4.72 Å². The van der Waals surface area contributed by atoms with Crippen LogP contribution >= 0.6 is 0 Å². The summed E-state index contributed by atoms with van der Waals surface area (Å²) in [5.74, 6) is 0.503. The van der Waals surface area contributed by atoms with Crippen molar-refractivity contribution in [2.75, 3.05) is 19.7 Å². The predicted molar refractivity (Wildman–Crippen MR) is 69.1 cm³/mol. The number of hydrogen-bond donors (Lipinski definition) is 2. The van der Waals surface area contributed by atoms with Crippen molar-refractivity contribution in [3.05, 3.63) is 35.7 Å². The van der Waals surface area contributed by atoms with Crippen molar-refractivity contribution >= 4 is 10.0 Å². The van der Waals surface area contributed by atoms with E-state index in [2.05, 4.69) is 4.72 Å². The molecule has 19 heavy (non-hydrogen) atoms. The highest BCUT2D eigenvalue weighted by Gasteiger charge is 2.22. The van der Waals surface area contributed by atoms with Crippen molar-refractivity contribution in [2.24, 2.45) is 5.73 Å². The van der Waals surface area contributed by atoms with E-state index in [4.69, 9.17) is 10.5 Å². The zero-order chi connectivity index (χ0) is 13.9. The van der Waals surface area contributed by atoms with Gasteiger partial charge < -0.3 is 10.5 Å². The van der Waals surface area contributed by atoms with E-state index in [9.17, 15) is 12.8 Å². The van der Waals surface area contributed by atoms with E-state index in [1.807, 2.05) is 0 Å². The fourth-order valence-corrected chi connectivity index (χ4v) is 3.09. The second-order valence-electron chi connectivity index (χ2n) is 4.18. The molecule has 3 N–H and O–H groups in total. The highest BCUT2D eigenvalue weighted by molar-refractivity contribution is 7.89. The first-order chi connectivity index (χ1) is 9.06. The van der Waals surface area contributed by atoms with E-state index < -0.39 is 10.0 Å². The number of benzene rings is 1. The van der Waals surface area contributed by atoms with Crippen LogP contribution in [0.1, 0.15) is 5.56 Å². The second-order valence-corrected chi connectivity index (χ2v) is 5.91. The van der Waals surface area contributed by atoms with Crippen LogP contribution in [0, 0.1) is 0 Å². The molecule has 0 aliphatic carbocycles. The number of rotatable bonds is 4. The minimum atomic E-state index is -3.40. The average Bonchev–Trinajstić information content (AvgIpc) is 2.39. The molecule has 0 bridgehead atoms. The van der Waals surface area contributed by atoms with E-state index in [1.54, 1.807) is 12.1 Å². The first-order valence-electron chi connectivity index (χ1n) is 5.80. The number of sulfonamides is 1. The SMILES string of the molecule is NC/C(=C/F)COc1ccc2c(c1)CCNS2(=O)=O. The third kappa shape index (κ3) is 3.12. The van der Waals surface area contributed by atoms with Crippen molar-refractivity contribution in [3.63, 3.8) is 0 Å². The summed E-state index contributed by atoms with van der Waals surface area (Å²) in [6.45, 7) is 0.508. The van der Waals surface area contributed by atoms with E-state index in [-0.39, 0.29) is 18.0 Å². The lowest BCUT2D eigenvalue weighted by Crippen LogP contribution is -2.31. The Kier molecular flexibility index (Phi) is 4.18. The van der Waals surface area contributed by atoms with Gasteiger partial charge in [0.25, 0.3) is 0 Å². The number of hydrogen-bond acceptors (Lipinski definition) is 4. The van der Waals surface area contributed by atoms with E-state index in [0.29, 0.717) is 36.2 Å². The van der Waals surface area contributed by atoms with Crippen molar-refractivity contribution in [1.29, 1.82) is 0 Å². The zero-order valence-corrected chi connectivity index (χ0v) is 11.0. The minimum absolute atomic E-state index is 0.0524. The number of nitrogens with two attached hydrogens (primary N) is 1. The lowest BCUT2D eigenvalue weighted by molar-refractivity contribution is 0.347. The third-order valence-corrected chi connectivity index (χ3v) is 4.41. The van der Waals surface area contributed by atoms with Crippen molar-refractivity contribution < 1.29 is 17.5 Å². The van der Waals surface area contributed by atoms with Gasteiger partial charge in [0.1, 0.15) is 12.4 Å². The Labute approximate surface area is 111 Å². The maximum absolute atomic E-state index is 12.3. The predicted octanol–water partition coefficient (Wildman–Crippen LogP) is 0.712. The molecule has 7 heteroatoms. The van der Waals surface area contributed by atoms with E-state index >= 15 is 0 Å². The molecule has 1 aromatic rings. The number of fused-ring (bicyclic) bond motifs is 1. The van der Waals surface area contributed by atoms with Gasteiger partial charge in [0.2, 0.25) is 10.0 Å². The molecule has 0 saturated carbocycles. The van der Waals surface area contributed by atoms with Gasteiger partial charge in [0.15, 0.2) is 0 Å². The molecule has 2 rings (SSSR count). The Morgan fingerprint density at radius 2 is 2.32 bits per heavy atom. The summed E-state index contributed by atoms with van der Waals surface area (Å²) < 4.78 is 43.6. The molecule has 0 saturated heterocycles. The summed E-state index contributed by atoms with van der Waals surface area (Å²) >= 11 is 0. The molecule has 1 heterocycles. The van der Waals surface area contributed by atoms with Crippen molar-refractivity contribution in [2.45, 2.75) is 11.3 Å². The summed E-state index contributed by atoms with van der Waals surface area (Å²) in [6, 6.07) is 4.71. The number of nitrogens with one attached hydrogen (secondary N) is 1. The lowest BCUT2D eigenvalue weighted by atomic mass is 10.1. The summed E-state index contributed by atoms with van der Waals surface area (Å²) in [4.78, 5) is 0.270. The normalized spacial score (nSPS) is 17.9. The van der Waals surface area contributed by atoms with Gasteiger partial charge in [-0.2, -0.15) is 0 Å². The Morgan fingerprint density at radius 3 is 3.00 bits per heavy atom. The summed E-state index contributed by atoms with van der Waals surface area (Å²) in [7, 11) is -3.40. The Morgan fingerprint density at radius 1 is 1.53 bits per heavy atom. The van der Waals surface area contributed by atoms with Crippen LogP contribution in [-0.4, -0.2) is 28.1 Å². The fraction of sp³-hybridized carbons (Fsp3) is 0.333. The smallest absolute Gasteiger partial charge is 0.240 e. The largest absolute Gasteiger partial charge is 0.489 e. The number of ether oxygens (including phenoxy) is 1. The van der Waals surface area contributed by atoms with Crippen molar-refractivity contribution in [3.8, 4) is 5.75 Å². The quantitative estimate of drug-likeness (QED) is 0.854. The molecule has 104 valence electrons. The average molecular weight is 286 g/mol. The fourth-order valence-electron chi connectivity index (χ4n) is 1.81. The van der Waals surface area contributed by atoms with Gasteiger partial charge >= 0.3 is 0 Å². The van der Waals surface area contributed by atoms with Gasteiger partial charge in [-0.15, -0.1) is 0 Å². The molecule has 0 spiro atoms. The summed E-state index contributed by atoms with van der Waals surface area (Å²) in [5, 5.41) is 0. The molecule has 0 aromatic heterocycles. The van der Waals surface area contributed by atoms with Crippen LogP contribution in [0.3, 0.4) is 0 Å². The van der Waals surface area contributed by atoms with Crippen LogP contribution in [-0.2, 0) is 16.4 Å². The summed E-state index contributed by atoms with van der Waals surface area (Å²) in [6.07, 6.45) is 1.03. The monoisotopic (exact) mass is 286 g/mol. The van der Waals surface area contributed by atoms with Crippen LogP contribution in [0.25, 0.3) is 0 Å². The van der Waals surface area contributed by atoms with E-state index in [1.165, 1.54) is 6.07 Å². The van der Waals surface area contributed by atoms with Gasteiger partial charge in [-0.05, 0) is 30.2 Å². The van der Waals surface area contributed by atoms with Crippen LogP contribution in [0.15, 0.2) is 35.0 Å².